The lowest BCUT2D eigenvalue weighted by atomic mass is 10.2. The number of nitriles is 1. The molecule has 31 heavy (non-hydrogen) atoms. The summed E-state index contributed by atoms with van der Waals surface area (Å²) in [6, 6.07) is 16.6. The molecule has 0 saturated carbocycles. The number of aromatic nitrogens is 4. The Morgan fingerprint density at radius 1 is 1.19 bits per heavy atom. The fourth-order valence-electron chi connectivity index (χ4n) is 3.29. The maximum absolute atomic E-state index is 13.3. The Morgan fingerprint density at radius 2 is 1.97 bits per heavy atom. The number of methoxy groups -OCH3 is 1. The number of benzene rings is 2. The summed E-state index contributed by atoms with van der Waals surface area (Å²) in [7, 11) is 1.58. The molecule has 2 aromatic heterocycles. The van der Waals surface area contributed by atoms with Crippen LogP contribution in [0.4, 0.5) is 0 Å². The number of carbonyl (C=O) groups is 1. The Hall–Kier alpha value is -3.84. The zero-order valence-corrected chi connectivity index (χ0v) is 17.4. The highest BCUT2D eigenvalue weighted by Crippen LogP contribution is 2.23. The number of para-hydroxylation sites is 2. The topological polar surface area (TPSA) is 114 Å². The Labute approximate surface area is 181 Å². The summed E-state index contributed by atoms with van der Waals surface area (Å²) in [6.45, 7) is 0.198. The molecule has 0 unspecified atom stereocenters. The molecule has 0 aliphatic heterocycles. The van der Waals surface area contributed by atoms with E-state index in [0.717, 1.165) is 5.56 Å². The standard InChI is InChI=1S/C21H18N6O3S/c1-30-17-9-5-2-6-14(17)12-26-19(29)15-7-3-4-8-16(15)27-20(26)24-25-21(27)31-13-18(28)23-11-10-22/h2-9H,11-13H2,1H3,(H,23,28). The predicted molar refractivity (Wildman–Crippen MR) is 116 cm³/mol. The van der Waals surface area contributed by atoms with E-state index in [1.54, 1.807) is 28.2 Å². The number of amides is 1. The summed E-state index contributed by atoms with van der Waals surface area (Å²) in [6.07, 6.45) is 0. The molecular weight excluding hydrogens is 416 g/mol. The van der Waals surface area contributed by atoms with E-state index in [1.807, 2.05) is 42.5 Å². The van der Waals surface area contributed by atoms with E-state index in [0.29, 0.717) is 27.6 Å². The largest absolute Gasteiger partial charge is 0.496 e. The van der Waals surface area contributed by atoms with E-state index in [1.165, 1.54) is 11.8 Å². The van der Waals surface area contributed by atoms with Crippen LogP contribution in [0.1, 0.15) is 5.56 Å². The Kier molecular flexibility index (Phi) is 5.86. The molecule has 10 heteroatoms. The Morgan fingerprint density at radius 3 is 2.77 bits per heavy atom. The number of carbonyl (C=O) groups excluding carboxylic acids is 1. The van der Waals surface area contributed by atoms with Gasteiger partial charge in [0.15, 0.2) is 5.16 Å². The molecular formula is C21H18N6O3S. The van der Waals surface area contributed by atoms with Gasteiger partial charge in [0.25, 0.3) is 5.56 Å². The molecule has 0 saturated heterocycles. The average molecular weight is 434 g/mol. The molecule has 0 spiro atoms. The van der Waals surface area contributed by atoms with Crippen molar-refractivity contribution in [2.45, 2.75) is 11.7 Å². The maximum Gasteiger partial charge on any atom is 0.263 e. The molecule has 9 nitrogen and oxygen atoms in total. The lowest BCUT2D eigenvalue weighted by Gasteiger charge is -2.13. The van der Waals surface area contributed by atoms with E-state index < -0.39 is 0 Å². The number of fused-ring (bicyclic) bond motifs is 3. The van der Waals surface area contributed by atoms with Crippen molar-refractivity contribution in [1.29, 1.82) is 5.26 Å². The summed E-state index contributed by atoms with van der Waals surface area (Å²) >= 11 is 1.19. The fourth-order valence-corrected chi connectivity index (χ4v) is 4.06. The third-order valence-corrected chi connectivity index (χ3v) is 5.63. The monoisotopic (exact) mass is 434 g/mol. The summed E-state index contributed by atoms with van der Waals surface area (Å²) in [5.41, 5.74) is 1.30. The first-order chi connectivity index (χ1) is 15.1. The quantitative estimate of drug-likeness (QED) is 0.349. The van der Waals surface area contributed by atoms with Crippen LogP contribution in [0.25, 0.3) is 16.7 Å². The summed E-state index contributed by atoms with van der Waals surface area (Å²) < 4.78 is 8.75. The van der Waals surface area contributed by atoms with Gasteiger partial charge in [-0.05, 0) is 18.2 Å². The van der Waals surface area contributed by atoms with Crippen LogP contribution in [-0.4, -0.2) is 44.5 Å². The van der Waals surface area contributed by atoms with E-state index in [2.05, 4.69) is 15.5 Å². The van der Waals surface area contributed by atoms with E-state index in [-0.39, 0.29) is 30.3 Å². The first kappa shape index (κ1) is 20.4. The third-order valence-electron chi connectivity index (χ3n) is 4.70. The predicted octanol–water partition coefficient (Wildman–Crippen LogP) is 1.83. The minimum absolute atomic E-state index is 0.0542. The molecule has 0 aliphatic rings. The van der Waals surface area contributed by atoms with Crippen molar-refractivity contribution in [2.24, 2.45) is 0 Å². The van der Waals surface area contributed by atoms with Crippen LogP contribution in [0, 0.1) is 11.3 Å². The van der Waals surface area contributed by atoms with Crippen molar-refractivity contribution < 1.29 is 9.53 Å². The lowest BCUT2D eigenvalue weighted by molar-refractivity contribution is -0.118. The molecule has 2 aromatic carbocycles. The van der Waals surface area contributed by atoms with Crippen molar-refractivity contribution >= 4 is 34.3 Å². The van der Waals surface area contributed by atoms with Crippen LogP contribution in [0.15, 0.2) is 58.5 Å². The molecule has 1 N–H and O–H groups in total. The molecule has 1 amide bonds. The third kappa shape index (κ3) is 3.95. The van der Waals surface area contributed by atoms with E-state index in [4.69, 9.17) is 10.00 Å². The number of nitrogens with one attached hydrogen (secondary N) is 1. The smallest absolute Gasteiger partial charge is 0.263 e. The van der Waals surface area contributed by atoms with Gasteiger partial charge in [0.2, 0.25) is 11.7 Å². The SMILES string of the molecule is COc1ccccc1Cn1c(=O)c2ccccc2n2c(SCC(=O)NCC#N)nnc12. The zero-order valence-electron chi connectivity index (χ0n) is 16.6. The number of nitrogens with zero attached hydrogens (tertiary/aromatic N) is 5. The van der Waals surface area contributed by atoms with Gasteiger partial charge in [0.05, 0.1) is 36.4 Å². The van der Waals surface area contributed by atoms with Gasteiger partial charge in [-0.15, -0.1) is 10.2 Å². The van der Waals surface area contributed by atoms with Crippen LogP contribution >= 0.6 is 11.8 Å². The molecule has 4 aromatic rings. The lowest BCUT2D eigenvalue weighted by Crippen LogP contribution is -2.25. The van der Waals surface area contributed by atoms with Crippen LogP contribution in [0.3, 0.4) is 0 Å². The highest BCUT2D eigenvalue weighted by atomic mass is 32.2. The number of hydrogen-bond acceptors (Lipinski definition) is 7. The van der Waals surface area contributed by atoms with Gasteiger partial charge in [-0.3, -0.25) is 18.6 Å². The summed E-state index contributed by atoms with van der Waals surface area (Å²) in [5.74, 6) is 0.830. The first-order valence-electron chi connectivity index (χ1n) is 9.39. The molecule has 0 bridgehead atoms. The maximum atomic E-state index is 13.3. The first-order valence-corrected chi connectivity index (χ1v) is 10.4. The van der Waals surface area contributed by atoms with Gasteiger partial charge in [-0.1, -0.05) is 42.1 Å². The average Bonchev–Trinajstić information content (AvgIpc) is 3.23. The van der Waals surface area contributed by atoms with Gasteiger partial charge in [-0.25, -0.2) is 0 Å². The van der Waals surface area contributed by atoms with Crippen LogP contribution < -0.4 is 15.6 Å². The van der Waals surface area contributed by atoms with E-state index in [9.17, 15) is 9.59 Å². The minimum Gasteiger partial charge on any atom is -0.496 e. The normalized spacial score (nSPS) is 10.8. The van der Waals surface area contributed by atoms with Crippen LogP contribution in [0.2, 0.25) is 0 Å². The number of rotatable bonds is 7. The van der Waals surface area contributed by atoms with Gasteiger partial charge in [-0.2, -0.15) is 5.26 Å². The fraction of sp³-hybridized carbons (Fsp3) is 0.190. The zero-order chi connectivity index (χ0) is 21.8. The Balaban J connectivity index is 1.82. The molecule has 0 aliphatic carbocycles. The summed E-state index contributed by atoms with van der Waals surface area (Å²) in [4.78, 5) is 25.2. The second kappa shape index (κ2) is 8.89. The van der Waals surface area contributed by atoms with Crippen molar-refractivity contribution in [1.82, 2.24) is 24.5 Å². The van der Waals surface area contributed by atoms with Gasteiger partial charge in [0, 0.05) is 5.56 Å². The highest BCUT2D eigenvalue weighted by Gasteiger charge is 2.18. The van der Waals surface area contributed by atoms with Crippen LogP contribution in [-0.2, 0) is 11.3 Å². The van der Waals surface area contributed by atoms with Gasteiger partial charge < -0.3 is 10.1 Å². The number of hydrogen-bond donors (Lipinski definition) is 1. The van der Waals surface area contributed by atoms with Crippen molar-refractivity contribution in [3.63, 3.8) is 0 Å². The van der Waals surface area contributed by atoms with E-state index >= 15 is 0 Å². The van der Waals surface area contributed by atoms with Crippen molar-refractivity contribution in [3.8, 4) is 11.8 Å². The molecule has 2 heterocycles. The van der Waals surface area contributed by atoms with Crippen molar-refractivity contribution in [2.75, 3.05) is 19.4 Å². The molecule has 156 valence electrons. The van der Waals surface area contributed by atoms with Crippen LogP contribution in [0.5, 0.6) is 5.75 Å². The molecule has 4 rings (SSSR count). The second-order valence-electron chi connectivity index (χ2n) is 6.56. The van der Waals surface area contributed by atoms with Gasteiger partial charge in [0.1, 0.15) is 12.3 Å². The molecule has 0 fully saturated rings. The second-order valence-corrected chi connectivity index (χ2v) is 7.50. The minimum atomic E-state index is -0.282. The number of ether oxygens (including phenoxy) is 1. The van der Waals surface area contributed by atoms with Crippen molar-refractivity contribution in [3.05, 3.63) is 64.4 Å². The summed E-state index contributed by atoms with van der Waals surface area (Å²) in [5, 5.41) is 20.6. The highest BCUT2D eigenvalue weighted by molar-refractivity contribution is 7.99. The number of thioether (sulfide) groups is 1. The van der Waals surface area contributed by atoms with Gasteiger partial charge >= 0.3 is 0 Å². The molecule has 0 radical (unpaired) electrons. The molecule has 0 atom stereocenters. The Bertz CT molecular complexity index is 1370.